The highest BCUT2D eigenvalue weighted by Crippen LogP contribution is 2.21. The lowest BCUT2D eigenvalue weighted by molar-refractivity contribution is -0.134. The van der Waals surface area contributed by atoms with Crippen LogP contribution in [0.3, 0.4) is 0 Å². The van der Waals surface area contributed by atoms with Crippen molar-refractivity contribution in [2.24, 2.45) is 5.73 Å². The third-order valence-electron chi connectivity index (χ3n) is 6.33. The number of amides is 1. The summed E-state index contributed by atoms with van der Waals surface area (Å²) in [5, 5.41) is 7.16. The fourth-order valence-electron chi connectivity index (χ4n) is 4.76. The Kier molecular flexibility index (Phi) is 5.57. The van der Waals surface area contributed by atoms with Gasteiger partial charge in [0.15, 0.2) is 0 Å². The first-order chi connectivity index (χ1) is 12.7. The fraction of sp³-hybridized carbons (Fsp3) is 0.789. The Balaban J connectivity index is 1.24. The topological polar surface area (TPSA) is 81.5 Å². The summed E-state index contributed by atoms with van der Waals surface area (Å²) in [6.07, 6.45) is 9.08. The molecule has 144 valence electrons. The maximum absolute atomic E-state index is 12.8. The Morgan fingerprint density at radius 1 is 1.19 bits per heavy atom. The van der Waals surface area contributed by atoms with E-state index >= 15 is 0 Å². The average molecular weight is 361 g/mol. The van der Waals surface area contributed by atoms with E-state index in [0.29, 0.717) is 12.6 Å². The van der Waals surface area contributed by atoms with Gasteiger partial charge in [-0.25, -0.2) is 0 Å². The van der Waals surface area contributed by atoms with E-state index < -0.39 is 6.04 Å². The van der Waals surface area contributed by atoms with Crippen LogP contribution in [0.1, 0.15) is 43.4 Å². The molecule has 0 aliphatic carbocycles. The molecule has 1 aromatic rings. The van der Waals surface area contributed by atoms with Crippen LogP contribution in [-0.2, 0) is 17.8 Å². The van der Waals surface area contributed by atoms with E-state index in [0.717, 1.165) is 45.4 Å². The van der Waals surface area contributed by atoms with Crippen molar-refractivity contribution in [1.29, 1.82) is 0 Å². The van der Waals surface area contributed by atoms with Crippen LogP contribution in [0.15, 0.2) is 6.20 Å². The van der Waals surface area contributed by atoms with Gasteiger partial charge in [-0.3, -0.25) is 14.8 Å². The van der Waals surface area contributed by atoms with Gasteiger partial charge in [0.1, 0.15) is 0 Å². The van der Waals surface area contributed by atoms with E-state index in [-0.39, 0.29) is 5.91 Å². The zero-order valence-electron chi connectivity index (χ0n) is 15.7. The lowest BCUT2D eigenvalue weighted by Gasteiger charge is -2.41. The predicted octanol–water partition coefficient (Wildman–Crippen LogP) is 0.572. The Labute approximate surface area is 155 Å². The molecule has 3 aliphatic rings. The van der Waals surface area contributed by atoms with E-state index in [1.54, 1.807) is 0 Å². The number of aromatic nitrogens is 2. The summed E-state index contributed by atoms with van der Waals surface area (Å²) in [7, 11) is 0. The summed E-state index contributed by atoms with van der Waals surface area (Å²) in [5.74, 6) is 0.125. The highest BCUT2D eigenvalue weighted by atomic mass is 16.2. The lowest BCUT2D eigenvalue weighted by Crippen LogP contribution is -2.54. The van der Waals surface area contributed by atoms with Gasteiger partial charge in [-0.05, 0) is 38.8 Å². The first kappa shape index (κ1) is 17.9. The van der Waals surface area contributed by atoms with Crippen LogP contribution in [0.25, 0.3) is 0 Å². The summed E-state index contributed by atoms with van der Waals surface area (Å²) >= 11 is 0. The van der Waals surface area contributed by atoms with Gasteiger partial charge in [-0.15, -0.1) is 0 Å². The number of piperidine rings is 2. The summed E-state index contributed by atoms with van der Waals surface area (Å²) in [6.45, 7) is 6.61. The molecule has 3 aliphatic heterocycles. The molecular formula is C19H32N6O. The number of aromatic amines is 1. The normalized spacial score (nSPS) is 24.4. The van der Waals surface area contributed by atoms with Gasteiger partial charge in [0.05, 0.1) is 12.2 Å². The molecule has 3 N–H and O–H groups in total. The van der Waals surface area contributed by atoms with Crippen molar-refractivity contribution in [3.63, 3.8) is 0 Å². The van der Waals surface area contributed by atoms with Crippen LogP contribution in [0.2, 0.25) is 0 Å². The Bertz CT molecular complexity index is 603. The maximum atomic E-state index is 12.8. The highest BCUT2D eigenvalue weighted by molar-refractivity contribution is 5.82. The zero-order valence-corrected chi connectivity index (χ0v) is 15.7. The minimum absolute atomic E-state index is 0.125. The van der Waals surface area contributed by atoms with Crippen molar-refractivity contribution in [3.8, 4) is 0 Å². The van der Waals surface area contributed by atoms with Crippen LogP contribution >= 0.6 is 0 Å². The van der Waals surface area contributed by atoms with Crippen molar-refractivity contribution in [1.82, 2.24) is 24.9 Å². The first-order valence-corrected chi connectivity index (χ1v) is 10.2. The standard InChI is InChI=1S/C19H32N6O/c20-17(14-23-9-6-18-15(13-23)12-21-22-18)19(26)25-10-4-16(5-11-25)24-7-2-1-3-8-24/h12,16-17H,1-11,13-14,20H2,(H,21,22). The number of nitrogens with two attached hydrogens (primary N) is 1. The second kappa shape index (κ2) is 8.06. The largest absolute Gasteiger partial charge is 0.341 e. The molecule has 0 saturated carbocycles. The van der Waals surface area contributed by atoms with Crippen LogP contribution in [-0.4, -0.2) is 82.2 Å². The molecule has 4 rings (SSSR count). The number of H-pyrrole nitrogens is 1. The molecule has 4 heterocycles. The molecule has 0 spiro atoms. The van der Waals surface area contributed by atoms with Crippen LogP contribution < -0.4 is 5.73 Å². The zero-order chi connectivity index (χ0) is 17.9. The smallest absolute Gasteiger partial charge is 0.240 e. The maximum Gasteiger partial charge on any atom is 0.240 e. The van der Waals surface area contributed by atoms with Crippen molar-refractivity contribution < 1.29 is 4.79 Å². The van der Waals surface area contributed by atoms with Gasteiger partial charge in [-0.1, -0.05) is 6.42 Å². The van der Waals surface area contributed by atoms with E-state index in [1.165, 1.54) is 43.6 Å². The molecule has 0 bridgehead atoms. The molecular weight excluding hydrogens is 328 g/mol. The third-order valence-corrected chi connectivity index (χ3v) is 6.33. The Morgan fingerprint density at radius 2 is 1.96 bits per heavy atom. The number of hydrogen-bond acceptors (Lipinski definition) is 5. The monoisotopic (exact) mass is 360 g/mol. The quantitative estimate of drug-likeness (QED) is 0.821. The van der Waals surface area contributed by atoms with Crippen LogP contribution in [0.4, 0.5) is 0 Å². The molecule has 26 heavy (non-hydrogen) atoms. The minimum Gasteiger partial charge on any atom is -0.341 e. The predicted molar refractivity (Wildman–Crippen MR) is 101 cm³/mol. The third kappa shape index (κ3) is 3.94. The van der Waals surface area contributed by atoms with Gasteiger partial charge in [0.25, 0.3) is 0 Å². The van der Waals surface area contributed by atoms with Crippen molar-refractivity contribution in [2.75, 3.05) is 39.3 Å². The molecule has 7 nitrogen and oxygen atoms in total. The minimum atomic E-state index is -0.421. The number of fused-ring (bicyclic) bond motifs is 1. The van der Waals surface area contributed by atoms with Crippen LogP contribution in [0.5, 0.6) is 0 Å². The number of carbonyl (C=O) groups is 1. The number of nitrogens with one attached hydrogen (secondary N) is 1. The number of carbonyl (C=O) groups excluding carboxylic acids is 1. The number of likely N-dealkylation sites (tertiary alicyclic amines) is 2. The second-order valence-electron chi connectivity index (χ2n) is 8.12. The molecule has 0 aromatic carbocycles. The van der Waals surface area contributed by atoms with Crippen molar-refractivity contribution >= 4 is 5.91 Å². The van der Waals surface area contributed by atoms with Crippen LogP contribution in [0, 0.1) is 0 Å². The Morgan fingerprint density at radius 3 is 2.73 bits per heavy atom. The van der Waals surface area contributed by atoms with Gasteiger partial charge < -0.3 is 15.5 Å². The number of nitrogens with zero attached hydrogens (tertiary/aromatic N) is 4. The Hall–Kier alpha value is -1.44. The lowest BCUT2D eigenvalue weighted by atomic mass is 9.99. The van der Waals surface area contributed by atoms with E-state index in [1.807, 2.05) is 11.1 Å². The molecule has 1 amide bonds. The SMILES string of the molecule is NC(CN1CCc2[nH]ncc2C1)C(=O)N1CCC(N2CCCCC2)CC1. The number of rotatable bonds is 4. The molecule has 1 unspecified atom stereocenters. The summed E-state index contributed by atoms with van der Waals surface area (Å²) in [5.41, 5.74) is 8.74. The fourth-order valence-corrected chi connectivity index (χ4v) is 4.76. The molecule has 7 heteroatoms. The summed E-state index contributed by atoms with van der Waals surface area (Å²) in [6, 6.07) is 0.243. The van der Waals surface area contributed by atoms with Gasteiger partial charge in [0, 0.05) is 56.4 Å². The number of hydrogen-bond donors (Lipinski definition) is 2. The molecule has 2 fully saturated rings. The molecule has 2 saturated heterocycles. The highest BCUT2D eigenvalue weighted by Gasteiger charge is 2.30. The van der Waals surface area contributed by atoms with Gasteiger partial charge >= 0.3 is 0 Å². The summed E-state index contributed by atoms with van der Waals surface area (Å²) < 4.78 is 0. The first-order valence-electron chi connectivity index (χ1n) is 10.2. The van der Waals surface area contributed by atoms with Crippen molar-refractivity contribution in [2.45, 2.75) is 57.2 Å². The van der Waals surface area contributed by atoms with E-state index in [2.05, 4.69) is 20.0 Å². The van der Waals surface area contributed by atoms with E-state index in [9.17, 15) is 4.79 Å². The summed E-state index contributed by atoms with van der Waals surface area (Å²) in [4.78, 5) is 19.7. The average Bonchev–Trinajstić information content (AvgIpc) is 3.16. The molecule has 1 aromatic heterocycles. The molecule has 0 radical (unpaired) electrons. The second-order valence-corrected chi connectivity index (χ2v) is 8.12. The van der Waals surface area contributed by atoms with Gasteiger partial charge in [-0.2, -0.15) is 5.10 Å². The van der Waals surface area contributed by atoms with E-state index in [4.69, 9.17) is 5.73 Å². The molecule has 1 atom stereocenters. The van der Waals surface area contributed by atoms with Crippen molar-refractivity contribution in [3.05, 3.63) is 17.5 Å². The van der Waals surface area contributed by atoms with Gasteiger partial charge in [0.2, 0.25) is 5.91 Å².